The van der Waals surface area contributed by atoms with Crippen molar-refractivity contribution in [2.75, 3.05) is 0 Å². The van der Waals surface area contributed by atoms with Gasteiger partial charge in [-0.15, -0.1) is 0 Å². The van der Waals surface area contributed by atoms with Gasteiger partial charge in [-0.05, 0) is 45.7 Å². The molecular formula is C22H20Cl2F2O2. The fourth-order valence-corrected chi connectivity index (χ4v) is 3.61. The van der Waals surface area contributed by atoms with Crippen LogP contribution in [0.1, 0.15) is 19.4 Å². The molecule has 1 aliphatic carbocycles. The Morgan fingerprint density at radius 3 is 2.43 bits per heavy atom. The fraction of sp³-hybridized carbons (Fsp3) is 0.318. The van der Waals surface area contributed by atoms with Crippen molar-refractivity contribution in [1.82, 2.24) is 0 Å². The normalized spacial score (nSPS) is 21.3. The molecule has 0 amide bonds. The maximum absolute atomic E-state index is 13.1. The summed E-state index contributed by atoms with van der Waals surface area (Å²) in [6.07, 6.45) is 1.16. The molecule has 3 rings (SSSR count). The van der Waals surface area contributed by atoms with Crippen LogP contribution >= 0.6 is 23.2 Å². The van der Waals surface area contributed by atoms with E-state index in [4.69, 9.17) is 27.9 Å². The molecular weight excluding hydrogens is 405 g/mol. The lowest BCUT2D eigenvalue weighted by atomic mass is 10.0. The first-order valence-corrected chi connectivity index (χ1v) is 9.62. The highest BCUT2D eigenvalue weighted by Gasteiger charge is 2.62. The minimum atomic E-state index is -3.63. The number of carbonyl (C=O) groups is 1. The van der Waals surface area contributed by atoms with Crippen LogP contribution in [0.4, 0.5) is 8.78 Å². The van der Waals surface area contributed by atoms with Gasteiger partial charge in [-0.2, -0.15) is 8.78 Å². The lowest BCUT2D eigenvalue weighted by molar-refractivity contribution is -0.147. The van der Waals surface area contributed by atoms with Crippen molar-refractivity contribution in [3.63, 3.8) is 0 Å². The summed E-state index contributed by atoms with van der Waals surface area (Å²) in [6, 6.07) is 17.6. The molecule has 2 atom stereocenters. The average Bonchev–Trinajstić information content (AvgIpc) is 3.20. The summed E-state index contributed by atoms with van der Waals surface area (Å²) < 4.78 is 31.6. The van der Waals surface area contributed by atoms with Crippen molar-refractivity contribution in [2.24, 2.45) is 17.3 Å². The third-order valence-corrected chi connectivity index (χ3v) is 5.84. The van der Waals surface area contributed by atoms with Gasteiger partial charge in [0.1, 0.15) is 6.61 Å². The van der Waals surface area contributed by atoms with E-state index in [9.17, 15) is 13.6 Å². The Morgan fingerprint density at radius 1 is 1.14 bits per heavy atom. The van der Waals surface area contributed by atoms with Gasteiger partial charge >= 0.3 is 11.4 Å². The molecule has 28 heavy (non-hydrogen) atoms. The van der Waals surface area contributed by atoms with Crippen LogP contribution < -0.4 is 0 Å². The summed E-state index contributed by atoms with van der Waals surface area (Å²) in [4.78, 5) is 12.5. The van der Waals surface area contributed by atoms with Gasteiger partial charge < -0.3 is 4.74 Å². The lowest BCUT2D eigenvalue weighted by Gasteiger charge is -2.08. The molecule has 0 unspecified atom stereocenters. The summed E-state index contributed by atoms with van der Waals surface area (Å²) in [5.41, 5.74) is 2.44. The van der Waals surface area contributed by atoms with E-state index in [2.05, 4.69) is 0 Å². The number of allylic oxidation sites excluding steroid dienone is 2. The topological polar surface area (TPSA) is 26.3 Å². The second kappa shape index (κ2) is 7.84. The number of ether oxygens (including phenoxy) is 1. The highest BCUT2D eigenvalue weighted by atomic mass is 35.5. The van der Waals surface area contributed by atoms with E-state index in [1.807, 2.05) is 68.4 Å². The van der Waals surface area contributed by atoms with Crippen molar-refractivity contribution in [3.05, 3.63) is 71.3 Å². The molecule has 0 radical (unpaired) electrons. The molecule has 0 heterocycles. The Bertz CT molecular complexity index is 889. The number of hydrogen-bond acceptors (Lipinski definition) is 2. The van der Waals surface area contributed by atoms with Gasteiger partial charge in [-0.1, -0.05) is 80.1 Å². The first-order valence-electron chi connectivity index (χ1n) is 8.86. The van der Waals surface area contributed by atoms with Crippen molar-refractivity contribution in [1.29, 1.82) is 0 Å². The average molecular weight is 425 g/mol. The van der Waals surface area contributed by atoms with Crippen LogP contribution in [0, 0.1) is 17.3 Å². The zero-order valence-electron chi connectivity index (χ0n) is 15.5. The molecule has 0 spiro atoms. The number of halogens is 4. The van der Waals surface area contributed by atoms with E-state index < -0.39 is 33.6 Å². The molecule has 2 nitrogen and oxygen atoms in total. The van der Waals surface area contributed by atoms with Crippen LogP contribution in [0.2, 0.25) is 0 Å². The van der Waals surface area contributed by atoms with Crippen LogP contribution in [0.3, 0.4) is 0 Å². The summed E-state index contributed by atoms with van der Waals surface area (Å²) in [5.74, 6) is -1.40. The molecule has 1 saturated carbocycles. The van der Waals surface area contributed by atoms with Crippen LogP contribution in [0.15, 0.2) is 65.7 Å². The lowest BCUT2D eigenvalue weighted by Crippen LogP contribution is -2.11. The number of hydrogen-bond donors (Lipinski definition) is 0. The van der Waals surface area contributed by atoms with Gasteiger partial charge in [-0.25, -0.2) is 0 Å². The minimum Gasteiger partial charge on any atom is -0.461 e. The summed E-state index contributed by atoms with van der Waals surface area (Å²) in [5, 5.41) is -4.40. The van der Waals surface area contributed by atoms with Crippen molar-refractivity contribution >= 4 is 29.2 Å². The summed E-state index contributed by atoms with van der Waals surface area (Å²) in [6.45, 7) is 3.74. The Labute approximate surface area is 173 Å². The Hall–Kier alpha value is -1.91. The molecule has 0 aliphatic heterocycles. The predicted molar refractivity (Wildman–Crippen MR) is 107 cm³/mol. The molecule has 0 bridgehead atoms. The summed E-state index contributed by atoms with van der Waals surface area (Å²) >= 11 is 10.5. The maximum atomic E-state index is 13.1. The Morgan fingerprint density at radius 2 is 1.79 bits per heavy atom. The van der Waals surface area contributed by atoms with Gasteiger partial charge in [-0.3, -0.25) is 4.79 Å². The van der Waals surface area contributed by atoms with E-state index in [-0.39, 0.29) is 6.61 Å². The molecule has 2 aromatic rings. The third-order valence-electron chi connectivity index (χ3n) is 5.18. The molecule has 1 aliphatic rings. The molecule has 148 valence electrons. The summed E-state index contributed by atoms with van der Waals surface area (Å²) in [7, 11) is 0. The largest absolute Gasteiger partial charge is 0.461 e. The zero-order valence-corrected chi connectivity index (χ0v) is 17.0. The standard InChI is InChI=1S/C22H20Cl2F2O2/c1-21(2)17(12-18(23)22(24,25)26)19(21)20(27)28-13-14-7-6-10-16(11-14)15-8-4-3-5-9-15/h3-12,17,19H,13H2,1-2H3/t17-,19+/m1/s1. The first kappa shape index (κ1) is 20.8. The van der Waals surface area contributed by atoms with E-state index >= 15 is 0 Å². The number of alkyl halides is 3. The second-order valence-electron chi connectivity index (χ2n) is 7.51. The van der Waals surface area contributed by atoms with E-state index in [1.165, 1.54) is 0 Å². The highest BCUT2D eigenvalue weighted by Crippen LogP contribution is 2.60. The molecule has 6 heteroatoms. The van der Waals surface area contributed by atoms with Crippen molar-refractivity contribution < 1.29 is 18.3 Å². The Kier molecular flexibility index (Phi) is 5.83. The number of carbonyl (C=O) groups excluding carboxylic acids is 1. The monoisotopic (exact) mass is 424 g/mol. The smallest absolute Gasteiger partial charge is 0.358 e. The second-order valence-corrected chi connectivity index (χ2v) is 8.39. The van der Waals surface area contributed by atoms with Gasteiger partial charge in [0, 0.05) is 0 Å². The molecule has 0 aromatic heterocycles. The molecule has 1 fully saturated rings. The zero-order chi connectivity index (χ0) is 20.5. The first-order chi connectivity index (χ1) is 13.1. The van der Waals surface area contributed by atoms with Crippen LogP contribution in [0.25, 0.3) is 11.1 Å². The van der Waals surface area contributed by atoms with Crippen molar-refractivity contribution in [3.8, 4) is 11.1 Å². The predicted octanol–water partition coefficient (Wildman–Crippen LogP) is 6.62. The van der Waals surface area contributed by atoms with E-state index in [0.29, 0.717) is 0 Å². The van der Waals surface area contributed by atoms with Gasteiger partial charge in [0.15, 0.2) is 0 Å². The highest BCUT2D eigenvalue weighted by molar-refractivity contribution is 6.38. The van der Waals surface area contributed by atoms with E-state index in [1.54, 1.807) is 0 Å². The van der Waals surface area contributed by atoms with E-state index in [0.717, 1.165) is 22.8 Å². The van der Waals surface area contributed by atoms with Crippen LogP contribution in [-0.2, 0) is 16.1 Å². The quantitative estimate of drug-likeness (QED) is 0.384. The fourth-order valence-electron chi connectivity index (χ4n) is 3.41. The SMILES string of the molecule is CC1(C)[C@H](C=C(Cl)C(F)(F)Cl)[C@H]1C(=O)OCc1cccc(-c2ccccc2)c1. The number of rotatable bonds is 6. The van der Waals surface area contributed by atoms with Crippen LogP contribution in [-0.4, -0.2) is 11.4 Å². The van der Waals surface area contributed by atoms with Crippen molar-refractivity contribution in [2.45, 2.75) is 25.8 Å². The van der Waals surface area contributed by atoms with Gasteiger partial charge in [0.2, 0.25) is 0 Å². The molecule has 0 N–H and O–H groups in total. The maximum Gasteiger partial charge on any atom is 0.358 e. The van der Waals surface area contributed by atoms with Gasteiger partial charge in [0.05, 0.1) is 11.0 Å². The minimum absolute atomic E-state index is 0.113. The number of benzene rings is 2. The molecule has 2 aromatic carbocycles. The van der Waals surface area contributed by atoms with Crippen LogP contribution in [0.5, 0.6) is 0 Å². The number of esters is 1. The van der Waals surface area contributed by atoms with Gasteiger partial charge in [0.25, 0.3) is 0 Å². The third kappa shape index (κ3) is 4.56. The molecule has 0 saturated heterocycles. The Balaban J connectivity index is 1.65.